The molecule has 2 aliphatic heterocycles. The van der Waals surface area contributed by atoms with Gasteiger partial charge in [-0.25, -0.2) is 0 Å². The van der Waals surface area contributed by atoms with Crippen LogP contribution in [0.25, 0.3) is 22.3 Å². The van der Waals surface area contributed by atoms with Gasteiger partial charge in [-0.3, -0.25) is 9.59 Å². The summed E-state index contributed by atoms with van der Waals surface area (Å²) >= 11 is 0. The van der Waals surface area contributed by atoms with E-state index in [1.807, 2.05) is 0 Å². The summed E-state index contributed by atoms with van der Waals surface area (Å²) in [6, 6.07) is 6.93. The number of fused-ring (bicyclic) bond motifs is 1. The lowest BCUT2D eigenvalue weighted by atomic mass is 9.97. The van der Waals surface area contributed by atoms with Gasteiger partial charge in [0, 0.05) is 30.7 Å². The van der Waals surface area contributed by atoms with Gasteiger partial charge in [0.25, 0.3) is 0 Å². The van der Waals surface area contributed by atoms with E-state index in [9.17, 15) is 55.5 Å². The lowest BCUT2D eigenvalue weighted by Crippen LogP contribution is -2.65. The number of aliphatic hydroxyl groups excluding tert-OH is 6. The predicted molar refractivity (Wildman–Crippen MR) is 149 cm³/mol. The molecule has 0 radical (unpaired) electrons. The van der Waals surface area contributed by atoms with Gasteiger partial charge >= 0.3 is 5.97 Å². The minimum Gasteiger partial charge on any atom is -0.507 e. The average Bonchev–Trinajstić information content (AvgIpc) is 3.00. The Labute approximate surface area is 258 Å². The minimum atomic E-state index is -1.92. The van der Waals surface area contributed by atoms with E-state index < -0.39 is 103 Å². The lowest BCUT2D eigenvalue weighted by molar-refractivity contribution is -0.358. The molecule has 5 rings (SSSR count). The zero-order chi connectivity index (χ0) is 33.4. The molecule has 2 saturated heterocycles. The number of carbonyl (C=O) groups excluding carboxylic acids is 1. The first-order chi connectivity index (χ1) is 21.8. The molecule has 0 amide bonds. The fourth-order valence-corrected chi connectivity index (χ4v) is 5.08. The molecule has 0 aliphatic carbocycles. The molecule has 0 saturated carbocycles. The van der Waals surface area contributed by atoms with Gasteiger partial charge in [-0.1, -0.05) is 0 Å². The van der Waals surface area contributed by atoms with Crippen molar-refractivity contribution >= 4 is 16.9 Å². The van der Waals surface area contributed by atoms with Crippen LogP contribution in [-0.2, 0) is 23.7 Å². The molecule has 3 aromatic rings. The summed E-state index contributed by atoms with van der Waals surface area (Å²) in [5.74, 6) is -2.48. The van der Waals surface area contributed by atoms with Crippen LogP contribution < -0.4 is 10.2 Å². The topological polar surface area (TPSA) is 276 Å². The maximum Gasteiger partial charge on any atom is 0.302 e. The maximum atomic E-state index is 12.9. The highest BCUT2D eigenvalue weighted by molar-refractivity contribution is 5.86. The van der Waals surface area contributed by atoms with Crippen molar-refractivity contribution < 1.29 is 78.9 Å². The number of benzene rings is 2. The van der Waals surface area contributed by atoms with Gasteiger partial charge in [0.05, 0.1) is 6.61 Å². The number of aliphatic hydroxyl groups is 6. The molecule has 10 atom stereocenters. The number of aromatic hydroxyl groups is 3. The third-order valence-electron chi connectivity index (χ3n) is 7.53. The molecule has 3 heterocycles. The zero-order valence-corrected chi connectivity index (χ0v) is 23.9. The first kappa shape index (κ1) is 33.3. The van der Waals surface area contributed by atoms with E-state index in [2.05, 4.69) is 0 Å². The summed E-state index contributed by atoms with van der Waals surface area (Å²) in [5, 5.41) is 92.3. The molecule has 2 aromatic carbocycles. The third-order valence-corrected chi connectivity index (χ3v) is 7.53. The Morgan fingerprint density at radius 2 is 1.50 bits per heavy atom. The van der Waals surface area contributed by atoms with Gasteiger partial charge in [0.2, 0.25) is 6.29 Å². The van der Waals surface area contributed by atoms with Gasteiger partial charge in [0.1, 0.15) is 77.6 Å². The number of carbonyl (C=O) groups is 1. The van der Waals surface area contributed by atoms with Crippen LogP contribution in [0.2, 0.25) is 0 Å². The summed E-state index contributed by atoms with van der Waals surface area (Å²) in [5.41, 5.74) is -0.666. The Morgan fingerprint density at radius 3 is 2.17 bits per heavy atom. The first-order valence-electron chi connectivity index (χ1n) is 13.9. The quantitative estimate of drug-likeness (QED) is 0.0954. The van der Waals surface area contributed by atoms with E-state index in [1.54, 1.807) is 0 Å². The van der Waals surface area contributed by atoms with Gasteiger partial charge in [-0.2, -0.15) is 0 Å². The molecule has 10 unspecified atom stereocenters. The van der Waals surface area contributed by atoms with E-state index in [1.165, 1.54) is 18.2 Å². The fourth-order valence-electron chi connectivity index (χ4n) is 5.08. The van der Waals surface area contributed by atoms with E-state index in [0.29, 0.717) is 0 Å². The van der Waals surface area contributed by atoms with E-state index in [4.69, 9.17) is 28.1 Å². The average molecular weight is 653 g/mol. The normalized spacial score (nSPS) is 31.5. The molecule has 17 heteroatoms. The van der Waals surface area contributed by atoms with Crippen LogP contribution in [0.5, 0.6) is 23.0 Å². The van der Waals surface area contributed by atoms with Crippen LogP contribution in [0.3, 0.4) is 0 Å². The van der Waals surface area contributed by atoms with Crippen molar-refractivity contribution in [1.82, 2.24) is 0 Å². The Hall–Kier alpha value is -4.04. The van der Waals surface area contributed by atoms with Crippen LogP contribution in [0.1, 0.15) is 6.92 Å². The van der Waals surface area contributed by atoms with E-state index in [-0.39, 0.29) is 28.0 Å². The van der Waals surface area contributed by atoms with Crippen molar-refractivity contribution in [2.24, 2.45) is 0 Å². The summed E-state index contributed by atoms with van der Waals surface area (Å²) in [7, 11) is 0. The molecule has 46 heavy (non-hydrogen) atoms. The van der Waals surface area contributed by atoms with Crippen molar-refractivity contribution in [2.75, 3.05) is 13.2 Å². The van der Waals surface area contributed by atoms with Crippen LogP contribution >= 0.6 is 0 Å². The zero-order valence-electron chi connectivity index (χ0n) is 23.9. The SMILES string of the molecule is CC(=O)OCC1OC(OC2C(Oc3cc(O)c4c(=O)cc(-c5ccc(O)c(O)c5)oc4c3)OC(CO)C(O)C2O)C(O)C(O)C1O. The number of ether oxygens (including phenoxy) is 5. The molecule has 9 N–H and O–H groups in total. The minimum absolute atomic E-state index is 0.0501. The number of rotatable bonds is 8. The van der Waals surface area contributed by atoms with Gasteiger partial charge in [0.15, 0.2) is 29.3 Å². The summed E-state index contributed by atoms with van der Waals surface area (Å²) in [4.78, 5) is 24.1. The maximum absolute atomic E-state index is 12.9. The fraction of sp³-hybridized carbons (Fsp3) is 0.448. The molecule has 2 fully saturated rings. The molecular weight excluding hydrogens is 620 g/mol. The monoisotopic (exact) mass is 652 g/mol. The highest BCUT2D eigenvalue weighted by atomic mass is 16.8. The van der Waals surface area contributed by atoms with Gasteiger partial charge in [-0.15, -0.1) is 0 Å². The Bertz CT molecular complexity index is 1620. The number of hydrogen-bond donors (Lipinski definition) is 9. The lowest BCUT2D eigenvalue weighted by Gasteiger charge is -2.45. The second kappa shape index (κ2) is 13.4. The Morgan fingerprint density at radius 1 is 0.804 bits per heavy atom. The van der Waals surface area contributed by atoms with Crippen LogP contribution in [0.15, 0.2) is 45.6 Å². The Kier molecular flexibility index (Phi) is 9.68. The van der Waals surface area contributed by atoms with Crippen molar-refractivity contribution in [3.05, 3.63) is 46.6 Å². The molecular formula is C29H32O17. The smallest absolute Gasteiger partial charge is 0.302 e. The van der Waals surface area contributed by atoms with Crippen molar-refractivity contribution in [3.8, 4) is 34.3 Å². The summed E-state index contributed by atoms with van der Waals surface area (Å²) in [6.45, 7) is -0.227. The highest BCUT2D eigenvalue weighted by Crippen LogP contribution is 2.36. The molecule has 0 bridgehead atoms. The summed E-state index contributed by atoms with van der Waals surface area (Å²) < 4.78 is 33.2. The molecule has 17 nitrogen and oxygen atoms in total. The van der Waals surface area contributed by atoms with Gasteiger partial charge in [-0.05, 0) is 18.2 Å². The molecule has 1 aromatic heterocycles. The number of phenols is 3. The highest BCUT2D eigenvalue weighted by Gasteiger charge is 2.51. The van der Waals surface area contributed by atoms with E-state index >= 15 is 0 Å². The Balaban J connectivity index is 1.46. The van der Waals surface area contributed by atoms with Crippen LogP contribution in [-0.4, -0.2) is 127 Å². The predicted octanol–water partition coefficient (Wildman–Crippen LogP) is -1.85. The van der Waals surface area contributed by atoms with E-state index in [0.717, 1.165) is 25.1 Å². The van der Waals surface area contributed by atoms with Crippen molar-refractivity contribution in [1.29, 1.82) is 0 Å². The summed E-state index contributed by atoms with van der Waals surface area (Å²) in [6.07, 6.45) is -17.2. The van der Waals surface area contributed by atoms with Gasteiger partial charge < -0.3 is 74.1 Å². The number of esters is 1. The van der Waals surface area contributed by atoms with Crippen LogP contribution in [0, 0.1) is 0 Å². The van der Waals surface area contributed by atoms with Crippen molar-refractivity contribution in [2.45, 2.75) is 68.3 Å². The largest absolute Gasteiger partial charge is 0.507 e. The van der Waals surface area contributed by atoms with Crippen molar-refractivity contribution in [3.63, 3.8) is 0 Å². The second-order valence-corrected chi connectivity index (χ2v) is 10.7. The molecule has 0 spiro atoms. The molecule has 250 valence electrons. The standard InChI is InChI=1S/C29H32O17/c1-10(31)41-9-20-23(37)24(38)26(40)28(45-20)46-27-25(39)22(36)19(8-30)44-29(27)42-12-5-15(34)21-16(35)7-17(43-18(21)6-12)11-2-3-13(32)14(33)4-11/h2-7,19-20,22-30,32-34,36-40H,8-9H2,1H3. The van der Waals surface area contributed by atoms with Crippen LogP contribution in [0.4, 0.5) is 0 Å². The molecule has 2 aliphatic rings. The first-order valence-corrected chi connectivity index (χ1v) is 13.9. The number of hydrogen-bond acceptors (Lipinski definition) is 17. The number of phenolic OH excluding ortho intramolecular Hbond substituents is 3. The second-order valence-electron chi connectivity index (χ2n) is 10.7. The third kappa shape index (κ3) is 6.59.